The minimum atomic E-state index is 0.162. The molecule has 1 fully saturated rings. The van der Waals surface area contributed by atoms with Crippen molar-refractivity contribution in [2.75, 3.05) is 18.1 Å². The van der Waals surface area contributed by atoms with Gasteiger partial charge in [0.2, 0.25) is 0 Å². The molecule has 0 unspecified atom stereocenters. The fraction of sp³-hybridized carbons (Fsp3) is 0.615. The molecule has 4 heteroatoms. The Hall–Kier alpha value is -0.800. The lowest BCUT2D eigenvalue weighted by molar-refractivity contribution is 0.296. The van der Waals surface area contributed by atoms with E-state index >= 15 is 0 Å². The first-order valence-corrected chi connectivity index (χ1v) is 6.77. The maximum atomic E-state index is 9.22. The van der Waals surface area contributed by atoms with Gasteiger partial charge >= 0.3 is 0 Å². The zero-order valence-electron chi connectivity index (χ0n) is 9.98. The number of hydrogen-bond donors (Lipinski definition) is 1. The summed E-state index contributed by atoms with van der Waals surface area (Å²) in [6.07, 6.45) is 6.73. The van der Waals surface area contributed by atoms with Crippen LogP contribution >= 0.6 is 11.6 Å². The lowest BCUT2D eigenvalue weighted by atomic mass is 10.1. The molecule has 0 aromatic carbocycles. The van der Waals surface area contributed by atoms with Gasteiger partial charge < -0.3 is 10.0 Å². The van der Waals surface area contributed by atoms with E-state index in [1.807, 2.05) is 12.1 Å². The number of hydrogen-bond acceptors (Lipinski definition) is 3. The molecule has 94 valence electrons. The Balaban J connectivity index is 2.24. The first-order chi connectivity index (χ1) is 8.36. The molecular formula is C13H19ClN2O. The summed E-state index contributed by atoms with van der Waals surface area (Å²) in [5.41, 5.74) is 1.05. The van der Waals surface area contributed by atoms with Crippen LogP contribution in [0, 0.1) is 0 Å². The van der Waals surface area contributed by atoms with Gasteiger partial charge in [-0.25, -0.2) is 4.98 Å². The molecule has 17 heavy (non-hydrogen) atoms. The van der Waals surface area contributed by atoms with E-state index < -0.39 is 0 Å². The van der Waals surface area contributed by atoms with Gasteiger partial charge in [0.25, 0.3) is 0 Å². The van der Waals surface area contributed by atoms with Crippen LogP contribution in [0.3, 0.4) is 0 Å². The summed E-state index contributed by atoms with van der Waals surface area (Å²) in [7, 11) is 0. The zero-order chi connectivity index (χ0) is 12.1. The molecule has 1 aromatic rings. The van der Waals surface area contributed by atoms with Crippen molar-refractivity contribution in [2.24, 2.45) is 0 Å². The molecule has 0 spiro atoms. The number of pyridine rings is 1. The summed E-state index contributed by atoms with van der Waals surface area (Å²) in [5, 5.41) is 9.22. The van der Waals surface area contributed by atoms with Crippen LogP contribution in [-0.2, 0) is 5.88 Å². The number of nitrogens with zero attached hydrogens (tertiary/aromatic N) is 2. The number of aliphatic hydroxyl groups is 1. The van der Waals surface area contributed by atoms with E-state index in [-0.39, 0.29) is 6.61 Å². The molecule has 0 amide bonds. The summed E-state index contributed by atoms with van der Waals surface area (Å²) >= 11 is 5.95. The zero-order valence-corrected chi connectivity index (χ0v) is 10.7. The third-order valence-electron chi connectivity index (χ3n) is 3.39. The Morgan fingerprint density at radius 3 is 2.82 bits per heavy atom. The molecule has 1 N–H and O–H groups in total. The van der Waals surface area contributed by atoms with Crippen molar-refractivity contribution in [3.05, 3.63) is 23.9 Å². The summed E-state index contributed by atoms with van der Waals surface area (Å²) in [6, 6.07) is 4.43. The normalized spacial score (nSPS) is 16.4. The van der Waals surface area contributed by atoms with Crippen molar-refractivity contribution in [2.45, 2.75) is 37.6 Å². The van der Waals surface area contributed by atoms with Crippen LogP contribution in [0.5, 0.6) is 0 Å². The molecule has 3 nitrogen and oxygen atoms in total. The van der Waals surface area contributed by atoms with Crippen molar-refractivity contribution in [3.63, 3.8) is 0 Å². The SMILES string of the molecule is OCCN(c1ncccc1CCl)C1CCCC1. The average Bonchev–Trinajstić information content (AvgIpc) is 2.89. The third kappa shape index (κ3) is 2.90. The Labute approximate surface area is 107 Å². The van der Waals surface area contributed by atoms with Crippen LogP contribution in [0.1, 0.15) is 31.2 Å². The van der Waals surface area contributed by atoms with Crippen LogP contribution in [0.2, 0.25) is 0 Å². The number of halogens is 1. The van der Waals surface area contributed by atoms with Crippen molar-refractivity contribution >= 4 is 17.4 Å². The quantitative estimate of drug-likeness (QED) is 0.821. The fourth-order valence-corrected chi connectivity index (χ4v) is 2.79. The van der Waals surface area contributed by atoms with Gasteiger partial charge in [0.05, 0.1) is 12.5 Å². The van der Waals surface area contributed by atoms with Gasteiger partial charge in [-0.3, -0.25) is 0 Å². The Morgan fingerprint density at radius 1 is 1.41 bits per heavy atom. The van der Waals surface area contributed by atoms with E-state index in [1.54, 1.807) is 6.20 Å². The second-order valence-corrected chi connectivity index (χ2v) is 4.74. The topological polar surface area (TPSA) is 36.4 Å². The predicted octanol–water partition coefficient (Wildman–Crippen LogP) is 2.56. The number of anilines is 1. The summed E-state index contributed by atoms with van der Waals surface area (Å²) < 4.78 is 0. The standard InChI is InChI=1S/C13H19ClN2O/c14-10-11-4-3-7-15-13(11)16(8-9-17)12-5-1-2-6-12/h3-4,7,12,17H,1-2,5-6,8-10H2. The molecule has 0 bridgehead atoms. The highest BCUT2D eigenvalue weighted by molar-refractivity contribution is 6.17. The predicted molar refractivity (Wildman–Crippen MR) is 70.5 cm³/mol. The van der Waals surface area contributed by atoms with Crippen molar-refractivity contribution in [3.8, 4) is 0 Å². The van der Waals surface area contributed by atoms with Gasteiger partial charge in [-0.15, -0.1) is 11.6 Å². The largest absolute Gasteiger partial charge is 0.395 e. The molecule has 0 aliphatic heterocycles. The van der Waals surface area contributed by atoms with E-state index in [4.69, 9.17) is 11.6 Å². The number of rotatable bonds is 5. The molecule has 1 saturated carbocycles. The summed E-state index contributed by atoms with van der Waals surface area (Å²) in [6.45, 7) is 0.806. The molecule has 1 aromatic heterocycles. The van der Waals surface area contributed by atoms with Crippen molar-refractivity contribution in [1.82, 2.24) is 4.98 Å². The molecule has 0 atom stereocenters. The Morgan fingerprint density at radius 2 is 2.18 bits per heavy atom. The van der Waals surface area contributed by atoms with Crippen molar-refractivity contribution < 1.29 is 5.11 Å². The second-order valence-electron chi connectivity index (χ2n) is 4.48. The Bertz CT molecular complexity index is 353. The van der Waals surface area contributed by atoms with Gasteiger partial charge in [-0.05, 0) is 18.9 Å². The molecule has 0 radical (unpaired) electrons. The van der Waals surface area contributed by atoms with Crippen molar-refractivity contribution in [1.29, 1.82) is 0 Å². The maximum Gasteiger partial charge on any atom is 0.133 e. The smallest absolute Gasteiger partial charge is 0.133 e. The van der Waals surface area contributed by atoms with Gasteiger partial charge in [0.1, 0.15) is 5.82 Å². The van der Waals surface area contributed by atoms with Gasteiger partial charge in [-0.2, -0.15) is 0 Å². The second kappa shape index (κ2) is 6.22. The number of aromatic nitrogens is 1. The summed E-state index contributed by atoms with van der Waals surface area (Å²) in [4.78, 5) is 6.67. The highest BCUT2D eigenvalue weighted by atomic mass is 35.5. The van der Waals surface area contributed by atoms with E-state index in [0.717, 1.165) is 11.4 Å². The fourth-order valence-electron chi connectivity index (χ4n) is 2.58. The molecule has 0 saturated heterocycles. The average molecular weight is 255 g/mol. The lowest BCUT2D eigenvalue weighted by Gasteiger charge is -2.30. The van der Waals surface area contributed by atoms with E-state index in [1.165, 1.54) is 25.7 Å². The first kappa shape index (κ1) is 12.7. The van der Waals surface area contributed by atoms with Gasteiger partial charge in [0, 0.05) is 24.3 Å². The molecule has 1 heterocycles. The Kier molecular flexibility index (Phi) is 4.63. The highest BCUT2D eigenvalue weighted by Crippen LogP contribution is 2.29. The minimum absolute atomic E-state index is 0.162. The van der Waals surface area contributed by atoms with Gasteiger partial charge in [-0.1, -0.05) is 18.9 Å². The molecule has 1 aliphatic rings. The van der Waals surface area contributed by atoms with E-state index in [9.17, 15) is 5.11 Å². The first-order valence-electron chi connectivity index (χ1n) is 6.24. The molecular weight excluding hydrogens is 236 g/mol. The number of alkyl halides is 1. The highest BCUT2D eigenvalue weighted by Gasteiger charge is 2.24. The minimum Gasteiger partial charge on any atom is -0.395 e. The molecule has 2 rings (SSSR count). The van der Waals surface area contributed by atoms with Crippen LogP contribution in [-0.4, -0.2) is 29.3 Å². The van der Waals surface area contributed by atoms with Crippen LogP contribution in [0.15, 0.2) is 18.3 Å². The maximum absolute atomic E-state index is 9.22. The van der Waals surface area contributed by atoms with E-state index in [0.29, 0.717) is 18.5 Å². The monoisotopic (exact) mass is 254 g/mol. The lowest BCUT2D eigenvalue weighted by Crippen LogP contribution is -2.37. The van der Waals surface area contributed by atoms with Crippen LogP contribution in [0.25, 0.3) is 0 Å². The van der Waals surface area contributed by atoms with Crippen LogP contribution in [0.4, 0.5) is 5.82 Å². The summed E-state index contributed by atoms with van der Waals surface area (Å²) in [5.74, 6) is 1.42. The van der Waals surface area contributed by atoms with E-state index in [2.05, 4.69) is 9.88 Å². The molecule has 1 aliphatic carbocycles. The van der Waals surface area contributed by atoms with Gasteiger partial charge in [0.15, 0.2) is 0 Å². The number of aliphatic hydroxyl groups excluding tert-OH is 1. The third-order valence-corrected chi connectivity index (χ3v) is 3.68. The van der Waals surface area contributed by atoms with Crippen LogP contribution < -0.4 is 4.90 Å².